The lowest BCUT2D eigenvalue weighted by Gasteiger charge is -2.46. The molecule has 5 heteroatoms. The molecule has 4 nitrogen and oxygen atoms in total. The van der Waals surface area contributed by atoms with E-state index < -0.39 is 0 Å². The molecule has 0 spiro atoms. The number of para-hydroxylation sites is 1. The van der Waals surface area contributed by atoms with Crippen LogP contribution in [0.3, 0.4) is 0 Å². The molecule has 2 saturated heterocycles. The van der Waals surface area contributed by atoms with E-state index in [2.05, 4.69) is 16.8 Å². The summed E-state index contributed by atoms with van der Waals surface area (Å²) < 4.78 is 0. The van der Waals surface area contributed by atoms with Crippen molar-refractivity contribution >= 4 is 24.0 Å². The zero-order chi connectivity index (χ0) is 15.5. The molecular weight excluding hydrogens is 310 g/mol. The van der Waals surface area contributed by atoms with E-state index in [0.29, 0.717) is 18.4 Å². The Balaban J connectivity index is 0.00000192. The molecule has 2 aliphatic heterocycles. The Morgan fingerprint density at radius 2 is 2.04 bits per heavy atom. The van der Waals surface area contributed by atoms with Crippen LogP contribution in [-0.2, 0) is 11.2 Å². The van der Waals surface area contributed by atoms with Gasteiger partial charge < -0.3 is 15.5 Å². The molecule has 3 rings (SSSR count). The van der Waals surface area contributed by atoms with Crippen molar-refractivity contribution in [2.75, 3.05) is 32.4 Å². The number of halogens is 1. The average molecular weight is 338 g/mol. The number of nitrogens with zero attached hydrogens (tertiary/aromatic N) is 2. The number of carbonyl (C=O) groups excluding carboxylic acids is 1. The molecule has 0 radical (unpaired) electrons. The second-order valence-electron chi connectivity index (χ2n) is 6.78. The van der Waals surface area contributed by atoms with Crippen molar-refractivity contribution in [1.29, 1.82) is 0 Å². The van der Waals surface area contributed by atoms with Gasteiger partial charge >= 0.3 is 0 Å². The van der Waals surface area contributed by atoms with Gasteiger partial charge in [0.05, 0.1) is 0 Å². The lowest BCUT2D eigenvalue weighted by Crippen LogP contribution is -2.53. The highest BCUT2D eigenvalue weighted by atomic mass is 35.5. The molecule has 0 saturated carbocycles. The molecule has 2 fully saturated rings. The minimum absolute atomic E-state index is 0. The molecule has 2 atom stereocenters. The standard InChI is InChI=1S/C18H27N3O.ClH/c1-20-11-4-6-15-13-21(12-10-17(15)20)18(22)9-8-14-5-2-3-7-16(14)19;/h2-3,5,7,15,17H,4,6,8-13,19H2,1H3;1H. The number of hydrogen-bond acceptors (Lipinski definition) is 3. The van der Waals surface area contributed by atoms with Gasteiger partial charge in [-0.25, -0.2) is 0 Å². The first-order valence-electron chi connectivity index (χ1n) is 8.46. The number of hydrogen-bond donors (Lipinski definition) is 1. The zero-order valence-corrected chi connectivity index (χ0v) is 14.7. The third-order valence-corrected chi connectivity index (χ3v) is 5.36. The predicted octanol–water partition coefficient (Wildman–Crippen LogP) is 2.57. The highest BCUT2D eigenvalue weighted by Crippen LogP contribution is 2.29. The van der Waals surface area contributed by atoms with Crippen LogP contribution >= 0.6 is 12.4 Å². The number of likely N-dealkylation sites (tertiary alicyclic amines) is 2. The second-order valence-corrected chi connectivity index (χ2v) is 6.78. The number of anilines is 1. The van der Waals surface area contributed by atoms with E-state index in [1.54, 1.807) is 0 Å². The van der Waals surface area contributed by atoms with Gasteiger partial charge in [0.25, 0.3) is 0 Å². The summed E-state index contributed by atoms with van der Waals surface area (Å²) in [5.41, 5.74) is 7.84. The maximum Gasteiger partial charge on any atom is 0.222 e. The van der Waals surface area contributed by atoms with Crippen molar-refractivity contribution in [2.24, 2.45) is 5.92 Å². The molecule has 23 heavy (non-hydrogen) atoms. The third-order valence-electron chi connectivity index (χ3n) is 5.36. The number of benzene rings is 1. The van der Waals surface area contributed by atoms with Gasteiger partial charge in [0.2, 0.25) is 5.91 Å². The van der Waals surface area contributed by atoms with Gasteiger partial charge in [0.1, 0.15) is 0 Å². The van der Waals surface area contributed by atoms with Gasteiger partial charge in [-0.3, -0.25) is 4.79 Å². The van der Waals surface area contributed by atoms with Crippen LogP contribution in [0.15, 0.2) is 24.3 Å². The summed E-state index contributed by atoms with van der Waals surface area (Å²) in [6, 6.07) is 8.53. The molecule has 0 aliphatic carbocycles. The van der Waals surface area contributed by atoms with Crippen LogP contribution < -0.4 is 5.73 Å². The molecule has 1 aromatic carbocycles. The maximum absolute atomic E-state index is 12.5. The van der Waals surface area contributed by atoms with Crippen LogP contribution in [0.2, 0.25) is 0 Å². The van der Waals surface area contributed by atoms with Crippen LogP contribution in [0.1, 0.15) is 31.2 Å². The number of fused-ring (bicyclic) bond motifs is 1. The van der Waals surface area contributed by atoms with Crippen LogP contribution in [0.4, 0.5) is 5.69 Å². The summed E-state index contributed by atoms with van der Waals surface area (Å²) in [6.07, 6.45) is 4.97. The molecule has 2 unspecified atom stereocenters. The fourth-order valence-electron chi connectivity index (χ4n) is 4.04. The number of aryl methyl sites for hydroxylation is 1. The quantitative estimate of drug-likeness (QED) is 0.862. The first kappa shape index (κ1) is 18.1. The van der Waals surface area contributed by atoms with E-state index in [0.717, 1.165) is 37.2 Å². The van der Waals surface area contributed by atoms with Gasteiger partial charge in [-0.2, -0.15) is 0 Å². The van der Waals surface area contributed by atoms with Gasteiger partial charge in [-0.05, 0) is 56.8 Å². The number of rotatable bonds is 3. The van der Waals surface area contributed by atoms with Gasteiger partial charge in [0.15, 0.2) is 0 Å². The molecule has 2 aliphatic rings. The number of nitrogens with two attached hydrogens (primary N) is 1. The zero-order valence-electron chi connectivity index (χ0n) is 13.9. The Morgan fingerprint density at radius 1 is 1.26 bits per heavy atom. The van der Waals surface area contributed by atoms with E-state index in [1.807, 2.05) is 24.3 Å². The summed E-state index contributed by atoms with van der Waals surface area (Å²) in [5.74, 6) is 0.952. The Morgan fingerprint density at radius 3 is 2.83 bits per heavy atom. The van der Waals surface area contributed by atoms with Crippen molar-refractivity contribution in [2.45, 2.75) is 38.1 Å². The molecule has 1 amide bonds. The van der Waals surface area contributed by atoms with Crippen LogP contribution in [-0.4, -0.2) is 48.4 Å². The highest BCUT2D eigenvalue weighted by Gasteiger charge is 2.35. The Bertz CT molecular complexity index is 537. The van der Waals surface area contributed by atoms with Crippen LogP contribution in [0.5, 0.6) is 0 Å². The Kier molecular flexibility index (Phi) is 6.31. The monoisotopic (exact) mass is 337 g/mol. The van der Waals surface area contributed by atoms with Crippen molar-refractivity contribution < 1.29 is 4.79 Å². The maximum atomic E-state index is 12.5. The first-order valence-corrected chi connectivity index (χ1v) is 8.46. The van der Waals surface area contributed by atoms with Crippen molar-refractivity contribution in [3.63, 3.8) is 0 Å². The van der Waals surface area contributed by atoms with Gasteiger partial charge in [-0.15, -0.1) is 12.4 Å². The average Bonchev–Trinajstić information content (AvgIpc) is 2.54. The van der Waals surface area contributed by atoms with Crippen LogP contribution in [0.25, 0.3) is 0 Å². The largest absolute Gasteiger partial charge is 0.399 e. The van der Waals surface area contributed by atoms with Gasteiger partial charge in [0, 0.05) is 31.2 Å². The van der Waals surface area contributed by atoms with Crippen molar-refractivity contribution in [3.8, 4) is 0 Å². The topological polar surface area (TPSA) is 49.6 Å². The van der Waals surface area contributed by atoms with E-state index in [9.17, 15) is 4.79 Å². The minimum atomic E-state index is 0. The molecule has 0 bridgehead atoms. The van der Waals surface area contributed by atoms with E-state index in [1.165, 1.54) is 19.4 Å². The van der Waals surface area contributed by atoms with E-state index in [-0.39, 0.29) is 18.3 Å². The lowest BCUT2D eigenvalue weighted by atomic mass is 9.84. The lowest BCUT2D eigenvalue weighted by molar-refractivity contribution is -0.134. The number of amides is 1. The summed E-state index contributed by atoms with van der Waals surface area (Å²) >= 11 is 0. The fraction of sp³-hybridized carbons (Fsp3) is 0.611. The predicted molar refractivity (Wildman–Crippen MR) is 96.8 cm³/mol. The normalized spacial score (nSPS) is 24.7. The van der Waals surface area contributed by atoms with E-state index in [4.69, 9.17) is 5.73 Å². The van der Waals surface area contributed by atoms with E-state index >= 15 is 0 Å². The summed E-state index contributed by atoms with van der Waals surface area (Å²) in [6.45, 7) is 3.06. The molecule has 2 N–H and O–H groups in total. The number of carbonyl (C=O) groups is 1. The summed E-state index contributed by atoms with van der Waals surface area (Å²) in [7, 11) is 2.23. The fourth-order valence-corrected chi connectivity index (χ4v) is 4.04. The van der Waals surface area contributed by atoms with Crippen molar-refractivity contribution in [1.82, 2.24) is 9.80 Å². The first-order chi connectivity index (χ1) is 10.6. The molecular formula is C18H28ClN3O. The van der Waals surface area contributed by atoms with Gasteiger partial charge in [-0.1, -0.05) is 18.2 Å². The van der Waals surface area contributed by atoms with Crippen molar-refractivity contribution in [3.05, 3.63) is 29.8 Å². The number of piperidine rings is 2. The molecule has 128 valence electrons. The summed E-state index contributed by atoms with van der Waals surface area (Å²) in [5, 5.41) is 0. The second kappa shape index (κ2) is 8.02. The minimum Gasteiger partial charge on any atom is -0.399 e. The molecule has 0 aromatic heterocycles. The smallest absolute Gasteiger partial charge is 0.222 e. The SMILES string of the molecule is CN1CCCC2CN(C(=O)CCc3ccccc3N)CCC21.Cl. The Labute approximate surface area is 145 Å². The Hall–Kier alpha value is -1.26. The highest BCUT2D eigenvalue weighted by molar-refractivity contribution is 5.85. The number of nitrogen functional groups attached to an aromatic ring is 1. The summed E-state index contributed by atoms with van der Waals surface area (Å²) in [4.78, 5) is 17.1. The molecule has 1 aromatic rings. The third kappa shape index (κ3) is 4.18. The molecule has 2 heterocycles. The van der Waals surface area contributed by atoms with Crippen LogP contribution in [0, 0.1) is 5.92 Å².